The number of aromatic nitrogens is 16. The number of nitrogens with zero attached hydrogens (tertiary/aromatic N) is 16. The number of alkyl halides is 9. The number of halogens is 11. The van der Waals surface area contributed by atoms with E-state index in [1.165, 1.54) is 69.9 Å². The van der Waals surface area contributed by atoms with E-state index in [0.29, 0.717) is 101 Å². The number of anilines is 1. The number of carboxylic acid groups (broad SMARTS) is 1. The maximum absolute atomic E-state index is 14.3. The Labute approximate surface area is 859 Å². The van der Waals surface area contributed by atoms with Crippen LogP contribution in [0, 0.1) is 48.5 Å². The molecule has 7 heterocycles. The first-order valence-electron chi connectivity index (χ1n) is 43.8. The van der Waals surface area contributed by atoms with Gasteiger partial charge in [-0.1, -0.05) is 174 Å². The minimum absolute atomic E-state index is 0. The van der Waals surface area contributed by atoms with Gasteiger partial charge in [-0.2, -0.15) is 64.1 Å². The molecule has 0 aliphatic carbocycles. The van der Waals surface area contributed by atoms with Crippen molar-refractivity contribution in [1.82, 2.24) is 80.0 Å². The van der Waals surface area contributed by atoms with Crippen LogP contribution in [-0.2, 0) is 86.4 Å². The van der Waals surface area contributed by atoms with Gasteiger partial charge in [-0.25, -0.2) is 83.7 Å². The first-order chi connectivity index (χ1) is 68.6. The van der Waals surface area contributed by atoms with Crippen molar-refractivity contribution in [3.05, 3.63) is 363 Å². The predicted molar refractivity (Wildman–Crippen MR) is 528 cm³/mol. The van der Waals surface area contributed by atoms with Gasteiger partial charge in [-0.05, 0) is 133 Å². The normalized spacial score (nSPS) is 10.6. The molecule has 1 amide bonds. The summed E-state index contributed by atoms with van der Waals surface area (Å²) in [7, 11) is 1.45. The van der Waals surface area contributed by atoms with Gasteiger partial charge in [-0.15, -0.1) is 29.1 Å². The summed E-state index contributed by atoms with van der Waals surface area (Å²) in [5.74, 6) is -2.40. The van der Waals surface area contributed by atoms with Crippen LogP contribution in [-0.4, -0.2) is 159 Å². The Kier molecular flexibility index (Phi) is 44.6. The zero-order valence-electron chi connectivity index (χ0n) is 80.6. The van der Waals surface area contributed by atoms with Crippen LogP contribution in [0.15, 0.2) is 237 Å². The van der Waals surface area contributed by atoms with Gasteiger partial charge in [0.25, 0.3) is 5.91 Å². The number of nitrogens with one attached hydrogen (secondary N) is 1. The van der Waals surface area contributed by atoms with E-state index in [0.717, 1.165) is 51.6 Å². The first-order valence-corrected chi connectivity index (χ1v) is 44.2. The van der Waals surface area contributed by atoms with E-state index in [1.54, 1.807) is 128 Å². The van der Waals surface area contributed by atoms with Crippen LogP contribution < -0.4 is 5.32 Å². The average molecular weight is 2140 g/mol. The van der Waals surface area contributed by atoms with Crippen LogP contribution in [0.4, 0.5) is 45.5 Å². The molecule has 2 N–H and O–H groups in total. The quantitative estimate of drug-likeness (QED) is 0.0105. The zero-order chi connectivity index (χ0) is 105. The van der Waals surface area contributed by atoms with E-state index in [1.807, 2.05) is 105 Å². The number of Topliss-reactive ketones (excluding diaryl/α,β-unsaturated/α-hetero) is 1. The number of hydrogen-bond acceptors (Lipinski definition) is 27. The maximum atomic E-state index is 14.3. The van der Waals surface area contributed by atoms with Crippen LogP contribution in [0.25, 0.3) is 66.1 Å². The van der Waals surface area contributed by atoms with Crippen molar-refractivity contribution in [2.45, 2.75) is 114 Å². The van der Waals surface area contributed by atoms with Crippen molar-refractivity contribution >= 4 is 115 Å². The number of ether oxygens (including phenoxy) is 4. The van der Waals surface area contributed by atoms with Crippen molar-refractivity contribution in [1.29, 1.82) is 0 Å². The molecule has 9 aromatic carbocycles. The SMILES string of the molecule is Br.CCOC(=O)CC(C)=O.CCOC(=O)c1cc2cnc(C)nc2c(-c2ccccc2)c1C(F)(F)F.CCOC(=O)c1cnc(C)nc1Cc1ccccc1.CCOC(=O)c1cnc(C)nc1Cl.Cc1ncc(C=O)c(Cc2ccccc2)n1.Cc1ncc2cc(C(=O)Nc3nnnn3C)c(C(F)(F)F)c(-c3ccccc3)c2n1.Cc1ncc2cc(C(=O)O)c(C(F)(F)F)c(-c3ccccc3)c2n1.[CH2-]c1ccccc1.[Zn]. The fraction of sp³-hybridized carbons (Fsp3) is 0.212. The largest absolute Gasteiger partial charge is 0.478 e. The molecule has 0 atom stereocenters. The van der Waals surface area contributed by atoms with Gasteiger partial charge in [0.15, 0.2) is 6.29 Å². The van der Waals surface area contributed by atoms with Gasteiger partial charge < -0.3 is 24.1 Å². The summed E-state index contributed by atoms with van der Waals surface area (Å²) in [6.07, 6.45) is -3.86. The zero-order valence-corrected chi connectivity index (χ0v) is 86.1. The van der Waals surface area contributed by atoms with Crippen LogP contribution in [0.5, 0.6) is 0 Å². The first kappa shape index (κ1) is 117. The molecule has 0 saturated carbocycles. The Hall–Kier alpha value is -15.9. The summed E-state index contributed by atoms with van der Waals surface area (Å²) in [6.45, 7) is 22.9. The average Bonchev–Trinajstić information content (AvgIpc) is 1.16. The monoisotopic (exact) mass is 2140 g/mol. The number of amides is 1. The smallest absolute Gasteiger partial charge is 0.417 e. The summed E-state index contributed by atoms with van der Waals surface area (Å²) >= 11 is 5.71. The molecule has 0 aliphatic rings. The molecule has 16 rings (SSSR count). The summed E-state index contributed by atoms with van der Waals surface area (Å²) in [5, 5.41) is 23.1. The van der Waals surface area contributed by atoms with Gasteiger partial charge in [-0.3, -0.25) is 24.5 Å². The van der Waals surface area contributed by atoms with Crippen molar-refractivity contribution in [3.63, 3.8) is 0 Å². The fourth-order valence-electron chi connectivity index (χ4n) is 13.6. The summed E-state index contributed by atoms with van der Waals surface area (Å²) in [6, 6.07) is 56.9. The molecule has 0 spiro atoms. The molecule has 16 aromatic rings. The Balaban J connectivity index is 0.000000233. The number of aromatic carboxylic acids is 1. The number of carbonyl (C=O) groups is 8. The fourth-order valence-corrected chi connectivity index (χ4v) is 13.9. The Bertz CT molecular complexity index is 7190. The molecule has 30 nitrogen and oxygen atoms in total. The van der Waals surface area contributed by atoms with Gasteiger partial charge >= 0.3 is 48.4 Å². The number of aldehydes is 1. The van der Waals surface area contributed by atoms with Crippen molar-refractivity contribution in [2.75, 3.05) is 31.7 Å². The van der Waals surface area contributed by atoms with Crippen LogP contribution >= 0.6 is 28.6 Å². The molecule has 0 fully saturated rings. The second kappa shape index (κ2) is 55.7. The van der Waals surface area contributed by atoms with Gasteiger partial charge in [0, 0.05) is 109 Å². The number of rotatable bonds is 20. The molecule has 146 heavy (non-hydrogen) atoms. The summed E-state index contributed by atoms with van der Waals surface area (Å²) in [5.41, 5.74) is 1.32. The minimum atomic E-state index is -4.84. The number of tetrazole rings is 1. The van der Waals surface area contributed by atoms with Gasteiger partial charge in [0.05, 0.1) is 98.9 Å². The van der Waals surface area contributed by atoms with Gasteiger partial charge in [0.2, 0.25) is 5.95 Å². The maximum Gasteiger partial charge on any atom is 0.417 e. The topological polar surface area (TPSA) is 404 Å². The van der Waals surface area contributed by atoms with E-state index in [-0.39, 0.29) is 128 Å². The number of fused-ring (bicyclic) bond motifs is 3. The molecule has 754 valence electrons. The van der Waals surface area contributed by atoms with Crippen molar-refractivity contribution < 1.29 is 121 Å². The van der Waals surface area contributed by atoms with E-state index >= 15 is 0 Å². The molecule has 7 aromatic heterocycles. The number of aryl methyl sites for hydroxylation is 7. The Morgan fingerprint density at radius 3 is 1.12 bits per heavy atom. The van der Waals surface area contributed by atoms with Crippen molar-refractivity contribution in [3.8, 4) is 33.4 Å². The molecule has 0 unspecified atom stereocenters. The number of ketones is 1. The molecule has 0 bridgehead atoms. The van der Waals surface area contributed by atoms with E-state index in [2.05, 4.69) is 92.3 Å². The second-order valence-corrected chi connectivity index (χ2v) is 30.9. The molecular weight excluding hydrogens is 2050 g/mol. The van der Waals surface area contributed by atoms with Crippen molar-refractivity contribution in [2.24, 2.45) is 7.05 Å². The van der Waals surface area contributed by atoms with E-state index in [9.17, 15) is 83.0 Å². The molecule has 0 radical (unpaired) electrons. The third-order valence-electron chi connectivity index (χ3n) is 19.8. The number of carbonyl (C=O) groups excluding carboxylic acids is 7. The third kappa shape index (κ3) is 33.6. The Morgan fingerprint density at radius 2 is 0.760 bits per heavy atom. The molecule has 0 aliphatic heterocycles. The standard InChI is InChI=1S/C19H14F3N7O.C19H15F3N2O2.C17H11F3N2O2.C15H16N2O2.C13H12N2O.C8H9ClN2O2.C7H7.C6H10O3.BrH.Zn/c1-10-23-9-12-8-13(17(30)25-18-26-27-28-29(18)2)15(19(20,21)22)14(16(12)24-10)11-6-4-3-5-7-11;1-3-26-18(25)14-9-13-10-23-11(2)24-17(13)15(16(14)19(20,21)22)12-7-5-4-6-8-12;1-9-21-8-11-7-12(16(23)24)14(17(18,19)20)13(15(11)22-9)10-5-3-2-4-6-10;1-3-19-15(18)13-10-16-11(2)17-14(13)9-12-7-5-4-6-8-12;1-10-14-8-12(9-16)13(15-10)7-11-5-3-2-4-6-11;1-3-13-8(12)6-4-10-5(2)11-7(6)9;1-7-5-3-2-4-6-7;1-3-9-6(8)4-5(2)7;;/h3-9H,1-2H3,(H,25,26,28,30);4-10H,3H2,1-2H3;2-8H,1H3,(H,23,24);4-8,10H,3,9H2,1-2H3;2-6,8-9H,7H2,1H3;4H,3H2,1-2H3;2-6H,1H2;3-4H2,1-2H3;1H;/q;;;;;;-1;;;. The number of carboxylic acids is 1. The Morgan fingerprint density at radius 1 is 0.432 bits per heavy atom. The predicted octanol–water partition coefficient (Wildman–Crippen LogP) is 21.9. The molecule has 0 saturated heterocycles. The van der Waals surface area contributed by atoms with Crippen LogP contribution in [0.2, 0.25) is 5.15 Å². The summed E-state index contributed by atoms with van der Waals surface area (Å²) in [4.78, 5) is 140. The number of hydrogen-bond donors (Lipinski definition) is 2. The molecule has 42 heteroatoms. The summed E-state index contributed by atoms with van der Waals surface area (Å²) < 4.78 is 146. The van der Waals surface area contributed by atoms with E-state index in [4.69, 9.17) is 25.8 Å². The van der Waals surface area contributed by atoms with Gasteiger partial charge in [0.1, 0.15) is 57.9 Å². The van der Waals surface area contributed by atoms with Crippen LogP contribution in [0.3, 0.4) is 0 Å². The van der Waals surface area contributed by atoms with E-state index < -0.39 is 81.7 Å². The van der Waals surface area contributed by atoms with Crippen LogP contribution in [0.1, 0.15) is 183 Å². The number of esters is 4. The number of benzene rings is 9. The molecular formula is C104H95BrClF9N17O13Zn-. The third-order valence-corrected chi connectivity index (χ3v) is 20.1. The minimum Gasteiger partial charge on any atom is -0.478 e. The second-order valence-electron chi connectivity index (χ2n) is 30.6.